The minimum absolute atomic E-state index is 0.0895. The lowest BCUT2D eigenvalue weighted by Crippen LogP contribution is -2.26. The fourth-order valence-electron chi connectivity index (χ4n) is 2.65. The van der Waals surface area contributed by atoms with Crippen molar-refractivity contribution in [2.24, 2.45) is 0 Å². The highest BCUT2D eigenvalue weighted by Crippen LogP contribution is 2.36. The SMILES string of the molecule is Cc1ccc(N(C)S(=O)(=O)c2ccsc2-c2nc(-c3ccncc3)no2)cc1Cl. The first-order valence-corrected chi connectivity index (χ1v) is 11.1. The van der Waals surface area contributed by atoms with Gasteiger partial charge in [0.05, 0.1) is 5.69 Å². The third kappa shape index (κ3) is 3.64. The van der Waals surface area contributed by atoms with Gasteiger partial charge in [-0.15, -0.1) is 11.3 Å². The molecule has 148 valence electrons. The molecule has 4 aromatic rings. The first kappa shape index (κ1) is 19.6. The molecule has 0 N–H and O–H groups in total. The molecule has 0 spiro atoms. The second kappa shape index (κ2) is 7.58. The molecule has 0 atom stereocenters. The van der Waals surface area contributed by atoms with Crippen LogP contribution in [-0.4, -0.2) is 30.6 Å². The number of rotatable bonds is 5. The maximum absolute atomic E-state index is 13.3. The molecular weight excluding hydrogens is 432 g/mol. The summed E-state index contributed by atoms with van der Waals surface area (Å²) in [5, 5.41) is 6.13. The van der Waals surface area contributed by atoms with Crippen molar-refractivity contribution in [2.45, 2.75) is 11.8 Å². The number of benzene rings is 1. The van der Waals surface area contributed by atoms with Gasteiger partial charge in [0.2, 0.25) is 5.82 Å². The molecule has 0 bridgehead atoms. The molecule has 10 heteroatoms. The van der Waals surface area contributed by atoms with E-state index in [1.165, 1.54) is 28.8 Å². The van der Waals surface area contributed by atoms with Crippen molar-refractivity contribution < 1.29 is 12.9 Å². The second-order valence-corrected chi connectivity index (χ2v) is 9.44. The smallest absolute Gasteiger partial charge is 0.269 e. The number of anilines is 1. The Morgan fingerprint density at radius 2 is 1.90 bits per heavy atom. The number of aryl methyl sites for hydroxylation is 1. The summed E-state index contributed by atoms with van der Waals surface area (Å²) in [5.41, 5.74) is 2.05. The van der Waals surface area contributed by atoms with E-state index in [0.717, 1.165) is 11.1 Å². The average molecular weight is 447 g/mol. The normalized spacial score (nSPS) is 11.6. The summed E-state index contributed by atoms with van der Waals surface area (Å²) in [6.45, 7) is 1.85. The summed E-state index contributed by atoms with van der Waals surface area (Å²) in [6.07, 6.45) is 3.24. The highest BCUT2D eigenvalue weighted by atomic mass is 35.5. The molecule has 0 amide bonds. The predicted octanol–water partition coefficient (Wildman–Crippen LogP) is 4.65. The lowest BCUT2D eigenvalue weighted by molar-refractivity contribution is 0.432. The Balaban J connectivity index is 1.72. The van der Waals surface area contributed by atoms with Crippen LogP contribution in [0.15, 0.2) is 63.6 Å². The zero-order chi connectivity index (χ0) is 20.6. The highest BCUT2D eigenvalue weighted by molar-refractivity contribution is 7.93. The van der Waals surface area contributed by atoms with Crippen LogP contribution in [0.4, 0.5) is 5.69 Å². The first-order valence-electron chi connectivity index (χ1n) is 8.45. The summed E-state index contributed by atoms with van der Waals surface area (Å²) in [7, 11) is -2.39. The molecule has 1 aromatic carbocycles. The molecule has 0 saturated carbocycles. The van der Waals surface area contributed by atoms with Gasteiger partial charge in [-0.2, -0.15) is 4.98 Å². The maximum Gasteiger partial charge on any atom is 0.269 e. The van der Waals surface area contributed by atoms with Crippen LogP contribution in [0.2, 0.25) is 5.02 Å². The van der Waals surface area contributed by atoms with Gasteiger partial charge in [0.1, 0.15) is 9.77 Å². The predicted molar refractivity (Wildman–Crippen MR) is 113 cm³/mol. The van der Waals surface area contributed by atoms with Crippen LogP contribution in [-0.2, 0) is 10.0 Å². The van der Waals surface area contributed by atoms with Gasteiger partial charge in [0.15, 0.2) is 0 Å². The van der Waals surface area contributed by atoms with E-state index in [0.29, 0.717) is 21.4 Å². The molecule has 0 fully saturated rings. The Kier molecular flexibility index (Phi) is 5.12. The standard InChI is InChI=1S/C19H15ClN4O3S2/c1-12-3-4-14(11-15(12)20)24(2)29(25,26)16-7-10-28-17(16)19-22-18(23-27-19)13-5-8-21-9-6-13/h3-11H,1-2H3. The second-order valence-electron chi connectivity index (χ2n) is 6.18. The highest BCUT2D eigenvalue weighted by Gasteiger charge is 2.29. The monoisotopic (exact) mass is 446 g/mol. The third-order valence-corrected chi connectivity index (χ3v) is 7.61. The van der Waals surface area contributed by atoms with E-state index in [4.69, 9.17) is 16.1 Å². The van der Waals surface area contributed by atoms with Crippen LogP contribution in [0.25, 0.3) is 22.2 Å². The summed E-state index contributed by atoms with van der Waals surface area (Å²) >= 11 is 7.38. The molecule has 3 heterocycles. The van der Waals surface area contributed by atoms with Crippen LogP contribution >= 0.6 is 22.9 Å². The Labute approximate surface area is 176 Å². The van der Waals surface area contributed by atoms with E-state index < -0.39 is 10.0 Å². The van der Waals surface area contributed by atoms with Gasteiger partial charge in [0.25, 0.3) is 15.9 Å². The maximum atomic E-state index is 13.3. The number of sulfonamides is 1. The molecule has 0 aliphatic rings. The average Bonchev–Trinajstić information content (AvgIpc) is 3.40. The number of pyridine rings is 1. The van der Waals surface area contributed by atoms with Crippen molar-refractivity contribution in [3.8, 4) is 22.2 Å². The number of thiophene rings is 1. The summed E-state index contributed by atoms with van der Waals surface area (Å²) in [5.74, 6) is 0.499. The summed E-state index contributed by atoms with van der Waals surface area (Å²) in [6, 6.07) is 10.1. The number of halogens is 1. The van der Waals surface area contributed by atoms with Crippen molar-refractivity contribution in [3.05, 3.63) is 64.8 Å². The molecule has 29 heavy (non-hydrogen) atoms. The van der Waals surface area contributed by atoms with Gasteiger partial charge < -0.3 is 4.52 Å². The molecule has 0 unspecified atom stereocenters. The zero-order valence-corrected chi connectivity index (χ0v) is 17.8. The molecule has 0 radical (unpaired) electrons. The number of aromatic nitrogens is 3. The molecular formula is C19H15ClN4O3S2. The summed E-state index contributed by atoms with van der Waals surface area (Å²) < 4.78 is 33.0. The first-order chi connectivity index (χ1) is 13.9. The number of nitrogens with zero attached hydrogens (tertiary/aromatic N) is 4. The molecule has 0 aliphatic carbocycles. The van der Waals surface area contributed by atoms with Gasteiger partial charge in [-0.1, -0.05) is 22.8 Å². The van der Waals surface area contributed by atoms with E-state index in [1.807, 2.05) is 6.92 Å². The van der Waals surface area contributed by atoms with Gasteiger partial charge in [-0.3, -0.25) is 9.29 Å². The summed E-state index contributed by atoms with van der Waals surface area (Å²) in [4.78, 5) is 8.78. The zero-order valence-electron chi connectivity index (χ0n) is 15.4. The third-order valence-electron chi connectivity index (χ3n) is 4.35. The molecule has 3 aromatic heterocycles. The minimum Gasteiger partial charge on any atom is -0.333 e. The number of hydrogen-bond donors (Lipinski definition) is 0. The Morgan fingerprint density at radius 1 is 1.14 bits per heavy atom. The fourth-order valence-corrected chi connectivity index (χ4v) is 5.33. The van der Waals surface area contributed by atoms with Gasteiger partial charge >= 0.3 is 0 Å². The van der Waals surface area contributed by atoms with Crippen molar-refractivity contribution in [3.63, 3.8) is 0 Å². The van der Waals surface area contributed by atoms with Crippen molar-refractivity contribution in [1.82, 2.24) is 15.1 Å². The topological polar surface area (TPSA) is 89.2 Å². The van der Waals surface area contributed by atoms with Crippen LogP contribution in [0.1, 0.15) is 5.56 Å². The number of hydrogen-bond acceptors (Lipinski definition) is 7. The van der Waals surface area contributed by atoms with Crippen LogP contribution in [0.5, 0.6) is 0 Å². The lowest BCUT2D eigenvalue weighted by Gasteiger charge is -2.20. The van der Waals surface area contributed by atoms with Gasteiger partial charge in [-0.25, -0.2) is 8.42 Å². The van der Waals surface area contributed by atoms with Crippen molar-refractivity contribution >= 4 is 38.6 Å². The van der Waals surface area contributed by atoms with Gasteiger partial charge in [0, 0.05) is 30.0 Å². The van der Waals surface area contributed by atoms with E-state index in [2.05, 4.69) is 15.1 Å². The molecule has 7 nitrogen and oxygen atoms in total. The Morgan fingerprint density at radius 3 is 2.62 bits per heavy atom. The van der Waals surface area contributed by atoms with E-state index in [1.54, 1.807) is 48.1 Å². The molecule has 4 rings (SSSR count). The quantitative estimate of drug-likeness (QED) is 0.443. The van der Waals surface area contributed by atoms with Crippen LogP contribution in [0, 0.1) is 6.92 Å². The van der Waals surface area contributed by atoms with E-state index in [-0.39, 0.29) is 10.8 Å². The Hall–Kier alpha value is -2.75. The fraction of sp³-hybridized carbons (Fsp3) is 0.105. The van der Waals surface area contributed by atoms with Crippen molar-refractivity contribution in [2.75, 3.05) is 11.4 Å². The van der Waals surface area contributed by atoms with Gasteiger partial charge in [-0.05, 0) is 48.2 Å². The van der Waals surface area contributed by atoms with E-state index >= 15 is 0 Å². The lowest BCUT2D eigenvalue weighted by atomic mass is 10.2. The Bertz CT molecular complexity index is 1270. The van der Waals surface area contributed by atoms with E-state index in [9.17, 15) is 8.42 Å². The minimum atomic E-state index is -3.87. The molecule has 0 saturated heterocycles. The van der Waals surface area contributed by atoms with Crippen LogP contribution < -0.4 is 4.31 Å². The van der Waals surface area contributed by atoms with Crippen LogP contribution in [0.3, 0.4) is 0 Å². The largest absolute Gasteiger partial charge is 0.333 e. The molecule has 0 aliphatic heterocycles. The van der Waals surface area contributed by atoms with Crippen molar-refractivity contribution in [1.29, 1.82) is 0 Å².